The lowest BCUT2D eigenvalue weighted by molar-refractivity contribution is 0.557. The van der Waals surface area contributed by atoms with Crippen molar-refractivity contribution in [3.05, 3.63) is 47.3 Å². The van der Waals surface area contributed by atoms with Gasteiger partial charge in [0, 0.05) is 29.1 Å². The zero-order valence-corrected chi connectivity index (χ0v) is 11.3. The summed E-state index contributed by atoms with van der Waals surface area (Å²) < 4.78 is 0. The first-order chi connectivity index (χ1) is 9.29. The Labute approximate surface area is 113 Å². The summed E-state index contributed by atoms with van der Waals surface area (Å²) in [5.41, 5.74) is 10.8. The molecule has 3 rings (SSSR count). The fourth-order valence-electron chi connectivity index (χ4n) is 2.76. The average Bonchev–Trinajstić information content (AvgIpc) is 2.47. The van der Waals surface area contributed by atoms with Crippen LogP contribution >= 0.6 is 0 Å². The van der Waals surface area contributed by atoms with Crippen molar-refractivity contribution in [2.24, 2.45) is 5.73 Å². The van der Waals surface area contributed by atoms with E-state index in [1.807, 2.05) is 12.3 Å². The molecule has 2 N–H and O–H groups in total. The van der Waals surface area contributed by atoms with Crippen LogP contribution < -0.4 is 5.73 Å². The quantitative estimate of drug-likeness (QED) is 0.895. The number of rotatable bonds is 2. The first-order valence-electron chi connectivity index (χ1n) is 6.99. The molecule has 1 atom stereocenters. The molecule has 1 aliphatic carbocycles. The predicted molar refractivity (Wildman–Crippen MR) is 76.7 cm³/mol. The number of benzene rings is 1. The summed E-state index contributed by atoms with van der Waals surface area (Å²) in [6.07, 6.45) is 6.11. The van der Waals surface area contributed by atoms with Crippen molar-refractivity contribution in [1.82, 2.24) is 9.97 Å². The van der Waals surface area contributed by atoms with Gasteiger partial charge >= 0.3 is 0 Å². The van der Waals surface area contributed by atoms with Crippen molar-refractivity contribution in [3.63, 3.8) is 0 Å². The second kappa shape index (κ2) is 5.10. The maximum Gasteiger partial charge on any atom is 0.159 e. The molecule has 0 radical (unpaired) electrons. The van der Waals surface area contributed by atoms with Gasteiger partial charge in [0.2, 0.25) is 0 Å². The molecular formula is C16H19N3. The van der Waals surface area contributed by atoms with Crippen LogP contribution in [0.15, 0.2) is 30.5 Å². The Kier molecular flexibility index (Phi) is 3.30. The Morgan fingerprint density at radius 2 is 2.16 bits per heavy atom. The Bertz CT molecular complexity index is 592. The highest BCUT2D eigenvalue weighted by molar-refractivity contribution is 5.60. The molecule has 0 bridgehead atoms. The molecule has 2 aromatic rings. The highest BCUT2D eigenvalue weighted by Crippen LogP contribution is 2.28. The Balaban J connectivity index is 2.07. The number of fused-ring (bicyclic) bond motifs is 1. The first kappa shape index (κ1) is 12.3. The second-order valence-corrected chi connectivity index (χ2v) is 5.11. The molecule has 0 saturated heterocycles. The van der Waals surface area contributed by atoms with Gasteiger partial charge in [-0.05, 0) is 31.2 Å². The van der Waals surface area contributed by atoms with Crippen LogP contribution in [0.4, 0.5) is 0 Å². The summed E-state index contributed by atoms with van der Waals surface area (Å²) in [6, 6.07) is 8.46. The molecule has 1 heterocycles. The van der Waals surface area contributed by atoms with Crippen LogP contribution in [0.2, 0.25) is 0 Å². The minimum atomic E-state index is 0.110. The Morgan fingerprint density at radius 3 is 3.00 bits per heavy atom. The maximum absolute atomic E-state index is 6.11. The number of aryl methyl sites for hydroxylation is 2. The third-order valence-electron chi connectivity index (χ3n) is 3.87. The molecule has 1 aliphatic rings. The fourth-order valence-corrected chi connectivity index (χ4v) is 2.76. The van der Waals surface area contributed by atoms with Gasteiger partial charge in [-0.1, -0.05) is 31.2 Å². The molecule has 1 unspecified atom stereocenters. The monoisotopic (exact) mass is 253 g/mol. The van der Waals surface area contributed by atoms with Crippen molar-refractivity contribution >= 4 is 0 Å². The Morgan fingerprint density at radius 1 is 1.32 bits per heavy atom. The van der Waals surface area contributed by atoms with E-state index in [0.717, 1.165) is 48.3 Å². The number of aromatic nitrogens is 2. The second-order valence-electron chi connectivity index (χ2n) is 5.11. The molecule has 0 fully saturated rings. The van der Waals surface area contributed by atoms with Crippen LogP contribution in [-0.4, -0.2) is 9.97 Å². The van der Waals surface area contributed by atoms with Crippen LogP contribution in [0.1, 0.15) is 42.6 Å². The zero-order chi connectivity index (χ0) is 13.2. The molecule has 19 heavy (non-hydrogen) atoms. The number of nitrogens with two attached hydrogens (primary N) is 1. The molecule has 0 amide bonds. The largest absolute Gasteiger partial charge is 0.324 e. The van der Waals surface area contributed by atoms with Crippen LogP contribution in [-0.2, 0) is 12.8 Å². The van der Waals surface area contributed by atoms with Crippen LogP contribution in [0.25, 0.3) is 11.4 Å². The van der Waals surface area contributed by atoms with E-state index in [2.05, 4.69) is 30.1 Å². The lowest BCUT2D eigenvalue weighted by Crippen LogP contribution is -2.19. The van der Waals surface area contributed by atoms with Crippen molar-refractivity contribution in [2.75, 3.05) is 0 Å². The van der Waals surface area contributed by atoms with E-state index in [4.69, 9.17) is 10.7 Å². The van der Waals surface area contributed by atoms with E-state index in [1.54, 1.807) is 0 Å². The van der Waals surface area contributed by atoms with Gasteiger partial charge in [0.05, 0.1) is 0 Å². The zero-order valence-electron chi connectivity index (χ0n) is 11.3. The summed E-state index contributed by atoms with van der Waals surface area (Å²) >= 11 is 0. The van der Waals surface area contributed by atoms with Gasteiger partial charge in [0.1, 0.15) is 0 Å². The van der Waals surface area contributed by atoms with Crippen LogP contribution in [0, 0.1) is 0 Å². The predicted octanol–water partition coefficient (Wildman–Crippen LogP) is 3.04. The van der Waals surface area contributed by atoms with Crippen molar-refractivity contribution in [3.8, 4) is 11.4 Å². The van der Waals surface area contributed by atoms with E-state index < -0.39 is 0 Å². The normalized spacial score (nSPS) is 18.1. The molecule has 1 aromatic carbocycles. The fraction of sp³-hybridized carbons (Fsp3) is 0.375. The number of nitrogens with zero attached hydrogens (tertiary/aromatic N) is 2. The molecule has 3 heteroatoms. The summed E-state index contributed by atoms with van der Waals surface area (Å²) in [5.74, 6) is 0.838. The van der Waals surface area contributed by atoms with Gasteiger partial charge in [-0.2, -0.15) is 0 Å². The standard InChI is InChI=1S/C16H19N3/c1-2-11-6-3-4-7-12(11)16-18-10-13-14(17)8-5-9-15(13)19-16/h3-4,6-7,10,14H,2,5,8-9,17H2,1H3. The van der Waals surface area contributed by atoms with Gasteiger partial charge in [0.25, 0.3) is 0 Å². The molecule has 0 aliphatic heterocycles. The van der Waals surface area contributed by atoms with Crippen LogP contribution in [0.5, 0.6) is 0 Å². The lowest BCUT2D eigenvalue weighted by atomic mass is 9.93. The molecule has 3 nitrogen and oxygen atoms in total. The molecule has 0 spiro atoms. The first-order valence-corrected chi connectivity index (χ1v) is 6.99. The van der Waals surface area contributed by atoms with Gasteiger partial charge in [-0.25, -0.2) is 9.97 Å². The van der Waals surface area contributed by atoms with Gasteiger partial charge < -0.3 is 5.73 Å². The summed E-state index contributed by atoms with van der Waals surface area (Å²) in [4.78, 5) is 9.28. The van der Waals surface area contributed by atoms with Crippen molar-refractivity contribution in [2.45, 2.75) is 38.6 Å². The topological polar surface area (TPSA) is 51.8 Å². The molecule has 1 aromatic heterocycles. The molecule has 98 valence electrons. The third kappa shape index (κ3) is 2.26. The van der Waals surface area contributed by atoms with Gasteiger partial charge in [-0.15, -0.1) is 0 Å². The number of hydrogen-bond donors (Lipinski definition) is 1. The van der Waals surface area contributed by atoms with E-state index in [-0.39, 0.29) is 6.04 Å². The van der Waals surface area contributed by atoms with E-state index >= 15 is 0 Å². The SMILES string of the molecule is CCc1ccccc1-c1ncc2c(n1)CCCC2N. The van der Waals surface area contributed by atoms with E-state index in [0.29, 0.717) is 0 Å². The highest BCUT2D eigenvalue weighted by atomic mass is 14.9. The highest BCUT2D eigenvalue weighted by Gasteiger charge is 2.19. The van der Waals surface area contributed by atoms with Crippen molar-refractivity contribution in [1.29, 1.82) is 0 Å². The van der Waals surface area contributed by atoms with Crippen LogP contribution in [0.3, 0.4) is 0 Å². The summed E-state index contributed by atoms with van der Waals surface area (Å²) in [7, 11) is 0. The summed E-state index contributed by atoms with van der Waals surface area (Å²) in [5, 5.41) is 0. The minimum Gasteiger partial charge on any atom is -0.324 e. The Hall–Kier alpha value is -1.74. The van der Waals surface area contributed by atoms with Gasteiger partial charge in [0.15, 0.2) is 5.82 Å². The third-order valence-corrected chi connectivity index (χ3v) is 3.87. The molecule has 0 saturated carbocycles. The average molecular weight is 253 g/mol. The summed E-state index contributed by atoms with van der Waals surface area (Å²) in [6.45, 7) is 2.16. The van der Waals surface area contributed by atoms with Gasteiger partial charge in [-0.3, -0.25) is 0 Å². The van der Waals surface area contributed by atoms with Crippen molar-refractivity contribution < 1.29 is 0 Å². The molecular weight excluding hydrogens is 234 g/mol. The smallest absolute Gasteiger partial charge is 0.159 e. The lowest BCUT2D eigenvalue weighted by Gasteiger charge is -2.21. The maximum atomic E-state index is 6.11. The minimum absolute atomic E-state index is 0.110. The van der Waals surface area contributed by atoms with E-state index in [9.17, 15) is 0 Å². The van der Waals surface area contributed by atoms with E-state index in [1.165, 1.54) is 5.56 Å². The number of hydrogen-bond acceptors (Lipinski definition) is 3.